The molecule has 0 radical (unpaired) electrons. The van der Waals surface area contributed by atoms with E-state index in [0.29, 0.717) is 25.8 Å². The molecule has 0 aromatic heterocycles. The largest absolute Gasteiger partial charge is 0.481 e. The summed E-state index contributed by atoms with van der Waals surface area (Å²) in [5.41, 5.74) is 11.0. The first-order valence-corrected chi connectivity index (χ1v) is 7.34. The molecule has 0 heterocycles. The van der Waals surface area contributed by atoms with Crippen molar-refractivity contribution < 1.29 is 34.5 Å². The van der Waals surface area contributed by atoms with E-state index in [1.54, 1.807) is 0 Å². The molecule has 0 aliphatic carbocycles. The topological polar surface area (TPSA) is 205 Å². The maximum atomic E-state index is 11.9. The number of carbonyl (C=O) groups excluding carboxylic acids is 2. The number of aliphatic hydroxyl groups excluding tert-OH is 1. The average molecular weight is 348 g/mol. The fourth-order valence-electron chi connectivity index (χ4n) is 1.76. The van der Waals surface area contributed by atoms with E-state index in [0.717, 1.165) is 0 Å². The number of hydrogen-bond acceptors (Lipinski definition) is 7. The molecular formula is C13H24N4O7. The third kappa shape index (κ3) is 8.41. The maximum Gasteiger partial charge on any atom is 0.328 e. The first-order chi connectivity index (χ1) is 11.2. The smallest absolute Gasteiger partial charge is 0.328 e. The van der Waals surface area contributed by atoms with Gasteiger partial charge in [0.15, 0.2) is 0 Å². The highest BCUT2D eigenvalue weighted by Gasteiger charge is 2.29. The van der Waals surface area contributed by atoms with E-state index in [1.807, 2.05) is 5.32 Å². The number of carbonyl (C=O) groups is 4. The van der Waals surface area contributed by atoms with Gasteiger partial charge in [0.25, 0.3) is 0 Å². The van der Waals surface area contributed by atoms with Crippen molar-refractivity contribution >= 4 is 23.8 Å². The monoisotopic (exact) mass is 348 g/mol. The number of carboxylic acid groups (broad SMARTS) is 2. The normalized spacial score (nSPS) is 14.3. The molecule has 138 valence electrons. The number of nitrogens with two attached hydrogens (primary N) is 2. The number of nitrogens with one attached hydrogen (secondary N) is 2. The van der Waals surface area contributed by atoms with E-state index < -0.39 is 54.9 Å². The van der Waals surface area contributed by atoms with Crippen molar-refractivity contribution in [2.75, 3.05) is 13.2 Å². The first kappa shape index (κ1) is 21.8. The summed E-state index contributed by atoms with van der Waals surface area (Å²) in [6, 6.07) is -4.07. The van der Waals surface area contributed by atoms with Crippen LogP contribution in [0.5, 0.6) is 0 Å². The Morgan fingerprint density at radius 1 is 0.958 bits per heavy atom. The van der Waals surface area contributed by atoms with Crippen molar-refractivity contribution in [3.05, 3.63) is 0 Å². The molecule has 11 heteroatoms. The van der Waals surface area contributed by atoms with Crippen LogP contribution in [0.15, 0.2) is 0 Å². The predicted molar refractivity (Wildman–Crippen MR) is 81.7 cm³/mol. The molecule has 0 aromatic rings. The van der Waals surface area contributed by atoms with Crippen LogP contribution in [0.25, 0.3) is 0 Å². The van der Waals surface area contributed by atoms with Crippen LogP contribution >= 0.6 is 0 Å². The zero-order valence-electron chi connectivity index (χ0n) is 13.1. The number of unbranched alkanes of at least 4 members (excludes halogenated alkanes) is 1. The molecule has 11 nitrogen and oxygen atoms in total. The van der Waals surface area contributed by atoms with Gasteiger partial charge in [-0.2, -0.15) is 0 Å². The van der Waals surface area contributed by atoms with Crippen LogP contribution in [0.1, 0.15) is 25.7 Å². The molecule has 3 unspecified atom stereocenters. The Bertz CT molecular complexity index is 458. The molecule has 0 aliphatic rings. The number of rotatable bonds is 12. The molecule has 3 atom stereocenters. The number of aliphatic carboxylic acids is 2. The lowest BCUT2D eigenvalue weighted by Crippen LogP contribution is -2.55. The Balaban J connectivity index is 4.81. The summed E-state index contributed by atoms with van der Waals surface area (Å²) in [5, 5.41) is 30.6. The average Bonchev–Trinajstić information content (AvgIpc) is 2.50. The second-order valence-electron chi connectivity index (χ2n) is 5.13. The van der Waals surface area contributed by atoms with Gasteiger partial charge in [-0.3, -0.25) is 14.4 Å². The lowest BCUT2D eigenvalue weighted by molar-refractivity contribution is -0.144. The van der Waals surface area contributed by atoms with Gasteiger partial charge in [0, 0.05) is 0 Å². The van der Waals surface area contributed by atoms with Gasteiger partial charge >= 0.3 is 11.9 Å². The van der Waals surface area contributed by atoms with Gasteiger partial charge < -0.3 is 37.4 Å². The van der Waals surface area contributed by atoms with Crippen molar-refractivity contribution in [2.24, 2.45) is 11.5 Å². The summed E-state index contributed by atoms with van der Waals surface area (Å²) in [4.78, 5) is 45.5. The minimum atomic E-state index is -1.61. The van der Waals surface area contributed by atoms with Crippen LogP contribution in [0, 0.1) is 0 Å². The summed E-state index contributed by atoms with van der Waals surface area (Å²) in [5.74, 6) is -4.64. The molecule has 0 rings (SSSR count). The summed E-state index contributed by atoms with van der Waals surface area (Å²) >= 11 is 0. The van der Waals surface area contributed by atoms with E-state index in [4.69, 9.17) is 26.8 Å². The Kier molecular flexibility index (Phi) is 10.3. The Labute approximate surface area is 138 Å². The molecule has 0 aliphatic heterocycles. The summed E-state index contributed by atoms with van der Waals surface area (Å²) in [6.45, 7) is -0.441. The summed E-state index contributed by atoms with van der Waals surface area (Å²) in [7, 11) is 0. The molecule has 0 aromatic carbocycles. The van der Waals surface area contributed by atoms with Crippen molar-refractivity contribution in [3.63, 3.8) is 0 Å². The third-order valence-electron chi connectivity index (χ3n) is 3.11. The first-order valence-electron chi connectivity index (χ1n) is 7.34. The quantitative estimate of drug-likeness (QED) is 0.179. The van der Waals surface area contributed by atoms with E-state index in [2.05, 4.69) is 5.32 Å². The molecule has 0 fully saturated rings. The van der Waals surface area contributed by atoms with Gasteiger partial charge in [-0.1, -0.05) is 6.42 Å². The van der Waals surface area contributed by atoms with Crippen LogP contribution in [0.4, 0.5) is 0 Å². The van der Waals surface area contributed by atoms with Gasteiger partial charge in [-0.05, 0) is 19.4 Å². The van der Waals surface area contributed by atoms with Crippen molar-refractivity contribution in [2.45, 2.75) is 43.8 Å². The van der Waals surface area contributed by atoms with Gasteiger partial charge in [0.05, 0.1) is 19.1 Å². The number of carboxylic acids is 2. The third-order valence-corrected chi connectivity index (χ3v) is 3.11. The SMILES string of the molecule is NCCCCC(N)C(=O)NC(CC(=O)O)C(=O)NC(CO)C(=O)O. The van der Waals surface area contributed by atoms with Crippen LogP contribution in [0.2, 0.25) is 0 Å². The van der Waals surface area contributed by atoms with Gasteiger partial charge in [-0.15, -0.1) is 0 Å². The molecule has 0 bridgehead atoms. The number of aliphatic hydroxyl groups is 1. The molecule has 0 saturated heterocycles. The second kappa shape index (κ2) is 11.3. The molecule has 0 saturated carbocycles. The molecule has 9 N–H and O–H groups in total. The van der Waals surface area contributed by atoms with Gasteiger partial charge in [0.2, 0.25) is 11.8 Å². The standard InChI is InChI=1S/C13H24N4O7/c14-4-2-1-3-7(15)11(21)16-8(5-10(19)20)12(22)17-9(6-18)13(23)24/h7-9,18H,1-6,14-15H2,(H,16,21)(H,17,22)(H,19,20)(H,23,24). The molecule has 2 amide bonds. The van der Waals surface area contributed by atoms with Crippen LogP contribution < -0.4 is 22.1 Å². The maximum absolute atomic E-state index is 11.9. The van der Waals surface area contributed by atoms with Gasteiger partial charge in [0.1, 0.15) is 12.1 Å². The van der Waals surface area contributed by atoms with Crippen LogP contribution in [0.3, 0.4) is 0 Å². The highest BCUT2D eigenvalue weighted by molar-refractivity contribution is 5.93. The van der Waals surface area contributed by atoms with Crippen LogP contribution in [-0.2, 0) is 19.2 Å². The van der Waals surface area contributed by atoms with E-state index >= 15 is 0 Å². The van der Waals surface area contributed by atoms with Crippen molar-refractivity contribution in [3.8, 4) is 0 Å². The van der Waals surface area contributed by atoms with E-state index in [9.17, 15) is 19.2 Å². The summed E-state index contributed by atoms with van der Waals surface area (Å²) in [6.07, 6.45) is 0.799. The minimum Gasteiger partial charge on any atom is -0.481 e. The Morgan fingerprint density at radius 2 is 1.54 bits per heavy atom. The summed E-state index contributed by atoms with van der Waals surface area (Å²) < 4.78 is 0. The predicted octanol–water partition coefficient (Wildman–Crippen LogP) is -3.04. The highest BCUT2D eigenvalue weighted by atomic mass is 16.4. The Morgan fingerprint density at radius 3 is 2.00 bits per heavy atom. The number of hydrogen-bond donors (Lipinski definition) is 7. The lowest BCUT2D eigenvalue weighted by Gasteiger charge is -2.21. The lowest BCUT2D eigenvalue weighted by atomic mass is 10.1. The van der Waals surface area contributed by atoms with Crippen molar-refractivity contribution in [1.82, 2.24) is 10.6 Å². The van der Waals surface area contributed by atoms with E-state index in [1.165, 1.54) is 0 Å². The van der Waals surface area contributed by atoms with E-state index in [-0.39, 0.29) is 0 Å². The zero-order valence-corrected chi connectivity index (χ0v) is 13.1. The molecular weight excluding hydrogens is 324 g/mol. The van der Waals surface area contributed by atoms with Crippen LogP contribution in [-0.4, -0.2) is 70.3 Å². The van der Waals surface area contributed by atoms with Crippen molar-refractivity contribution in [1.29, 1.82) is 0 Å². The van der Waals surface area contributed by atoms with Gasteiger partial charge in [-0.25, -0.2) is 4.79 Å². The second-order valence-corrected chi connectivity index (χ2v) is 5.13. The molecule has 0 spiro atoms. The minimum absolute atomic E-state index is 0.304. The molecule has 24 heavy (non-hydrogen) atoms. The highest BCUT2D eigenvalue weighted by Crippen LogP contribution is 2.01. The zero-order chi connectivity index (χ0) is 18.7. The Hall–Kier alpha value is -2.24. The fourth-order valence-corrected chi connectivity index (χ4v) is 1.76. The number of amides is 2. The fraction of sp³-hybridized carbons (Fsp3) is 0.692.